The second-order valence-corrected chi connectivity index (χ2v) is 6.65. The first kappa shape index (κ1) is 15.8. The van der Waals surface area contributed by atoms with Gasteiger partial charge in [0, 0.05) is 16.9 Å². The Kier molecular flexibility index (Phi) is 6.37. The third kappa shape index (κ3) is 4.78. The van der Waals surface area contributed by atoms with E-state index in [-0.39, 0.29) is 5.91 Å². The molecule has 2 atom stereocenters. The van der Waals surface area contributed by atoms with Crippen LogP contribution in [-0.2, 0) is 11.2 Å². The van der Waals surface area contributed by atoms with Crippen molar-refractivity contribution >= 4 is 33.4 Å². The van der Waals surface area contributed by atoms with Crippen LogP contribution >= 0.6 is 27.5 Å². The highest BCUT2D eigenvalue weighted by Crippen LogP contribution is 2.30. The minimum atomic E-state index is 0.103. The van der Waals surface area contributed by atoms with E-state index in [1.807, 2.05) is 24.3 Å². The molecule has 0 heterocycles. The number of rotatable bonds is 5. The summed E-state index contributed by atoms with van der Waals surface area (Å²) in [6.07, 6.45) is 5.57. The van der Waals surface area contributed by atoms with Gasteiger partial charge in [0.25, 0.3) is 0 Å². The first-order valence-electron chi connectivity index (χ1n) is 7.26. The van der Waals surface area contributed by atoms with Crippen molar-refractivity contribution in [2.45, 2.75) is 32.1 Å². The SMILES string of the molecule is O=C(Cc1ccc(Cl)cc1)NCC1CCCCC1CBr. The molecule has 1 fully saturated rings. The average molecular weight is 359 g/mol. The van der Waals surface area contributed by atoms with Gasteiger partial charge in [-0.25, -0.2) is 0 Å². The van der Waals surface area contributed by atoms with E-state index in [9.17, 15) is 4.79 Å². The van der Waals surface area contributed by atoms with Crippen LogP contribution in [0.2, 0.25) is 5.02 Å². The van der Waals surface area contributed by atoms with Crippen LogP contribution in [0.4, 0.5) is 0 Å². The first-order chi connectivity index (χ1) is 9.69. The Hall–Kier alpha value is -0.540. The van der Waals surface area contributed by atoms with Crippen LogP contribution in [0.5, 0.6) is 0 Å². The minimum Gasteiger partial charge on any atom is -0.356 e. The fourth-order valence-corrected chi connectivity index (χ4v) is 3.83. The van der Waals surface area contributed by atoms with Crippen molar-refractivity contribution in [1.29, 1.82) is 0 Å². The number of halogens is 2. The summed E-state index contributed by atoms with van der Waals surface area (Å²) in [5.41, 5.74) is 1.01. The first-order valence-corrected chi connectivity index (χ1v) is 8.76. The second kappa shape index (κ2) is 8.04. The van der Waals surface area contributed by atoms with Gasteiger partial charge in [-0.2, -0.15) is 0 Å². The molecule has 1 aromatic rings. The Morgan fingerprint density at radius 1 is 1.20 bits per heavy atom. The third-order valence-electron chi connectivity index (χ3n) is 4.10. The molecule has 110 valence electrons. The van der Waals surface area contributed by atoms with Gasteiger partial charge in [-0.05, 0) is 42.4 Å². The van der Waals surface area contributed by atoms with Crippen LogP contribution < -0.4 is 5.32 Å². The lowest BCUT2D eigenvalue weighted by molar-refractivity contribution is -0.120. The lowest BCUT2D eigenvalue weighted by Gasteiger charge is -2.30. The maximum absolute atomic E-state index is 12.0. The number of nitrogens with one attached hydrogen (secondary N) is 1. The van der Waals surface area contributed by atoms with E-state index in [0.717, 1.165) is 17.4 Å². The quantitative estimate of drug-likeness (QED) is 0.785. The molecule has 20 heavy (non-hydrogen) atoms. The predicted molar refractivity (Wildman–Crippen MR) is 87.4 cm³/mol. The summed E-state index contributed by atoms with van der Waals surface area (Å²) < 4.78 is 0. The molecule has 2 unspecified atom stereocenters. The zero-order chi connectivity index (χ0) is 14.4. The Labute approximate surface area is 134 Å². The molecule has 0 saturated heterocycles. The lowest BCUT2D eigenvalue weighted by atomic mass is 9.80. The van der Waals surface area contributed by atoms with E-state index in [1.54, 1.807) is 0 Å². The van der Waals surface area contributed by atoms with E-state index in [2.05, 4.69) is 21.2 Å². The minimum absolute atomic E-state index is 0.103. The van der Waals surface area contributed by atoms with Gasteiger partial charge in [0.2, 0.25) is 5.91 Å². The molecule has 0 spiro atoms. The molecule has 2 nitrogen and oxygen atoms in total. The van der Waals surface area contributed by atoms with Gasteiger partial charge in [0.15, 0.2) is 0 Å². The fourth-order valence-electron chi connectivity index (χ4n) is 2.85. The fraction of sp³-hybridized carbons (Fsp3) is 0.562. The van der Waals surface area contributed by atoms with E-state index < -0.39 is 0 Å². The molecular weight excluding hydrogens is 338 g/mol. The number of alkyl halides is 1. The highest BCUT2D eigenvalue weighted by atomic mass is 79.9. The van der Waals surface area contributed by atoms with Gasteiger partial charge in [-0.3, -0.25) is 4.79 Å². The lowest BCUT2D eigenvalue weighted by Crippen LogP contribution is -2.35. The number of hydrogen-bond acceptors (Lipinski definition) is 1. The molecule has 1 aliphatic rings. The summed E-state index contributed by atoms with van der Waals surface area (Å²) in [5, 5.41) is 4.84. The predicted octanol–water partition coefficient (Wildman–Crippen LogP) is 4.20. The number of hydrogen-bond donors (Lipinski definition) is 1. The van der Waals surface area contributed by atoms with Crippen molar-refractivity contribution in [3.8, 4) is 0 Å². The summed E-state index contributed by atoms with van der Waals surface area (Å²) >= 11 is 9.43. The summed E-state index contributed by atoms with van der Waals surface area (Å²) in [6, 6.07) is 7.46. The summed E-state index contributed by atoms with van der Waals surface area (Å²) in [6.45, 7) is 0.808. The summed E-state index contributed by atoms with van der Waals surface area (Å²) in [4.78, 5) is 12.0. The van der Waals surface area contributed by atoms with Crippen LogP contribution in [0.1, 0.15) is 31.2 Å². The van der Waals surface area contributed by atoms with E-state index >= 15 is 0 Å². The molecule has 0 aliphatic heterocycles. The van der Waals surface area contributed by atoms with Crippen LogP contribution in [0.25, 0.3) is 0 Å². The Balaban J connectivity index is 1.78. The van der Waals surface area contributed by atoms with Gasteiger partial charge in [-0.1, -0.05) is 52.5 Å². The van der Waals surface area contributed by atoms with Gasteiger partial charge in [0.1, 0.15) is 0 Å². The van der Waals surface area contributed by atoms with Crippen molar-refractivity contribution in [2.75, 3.05) is 11.9 Å². The Bertz CT molecular complexity index is 435. The molecule has 1 saturated carbocycles. The van der Waals surface area contributed by atoms with Crippen molar-refractivity contribution < 1.29 is 4.79 Å². The topological polar surface area (TPSA) is 29.1 Å². The van der Waals surface area contributed by atoms with Crippen molar-refractivity contribution in [2.24, 2.45) is 11.8 Å². The highest BCUT2D eigenvalue weighted by molar-refractivity contribution is 9.09. The van der Waals surface area contributed by atoms with Gasteiger partial charge >= 0.3 is 0 Å². The maximum atomic E-state index is 12.0. The number of carbonyl (C=O) groups excluding carboxylic acids is 1. The van der Waals surface area contributed by atoms with Gasteiger partial charge < -0.3 is 5.32 Å². The van der Waals surface area contributed by atoms with E-state index in [1.165, 1.54) is 25.7 Å². The van der Waals surface area contributed by atoms with Gasteiger partial charge in [0.05, 0.1) is 6.42 Å². The molecule has 1 N–H and O–H groups in total. The zero-order valence-electron chi connectivity index (χ0n) is 11.6. The highest BCUT2D eigenvalue weighted by Gasteiger charge is 2.24. The molecule has 0 aromatic heterocycles. The monoisotopic (exact) mass is 357 g/mol. The average Bonchev–Trinajstić information content (AvgIpc) is 2.48. The normalized spacial score (nSPS) is 22.5. The third-order valence-corrected chi connectivity index (χ3v) is 5.19. The number of carbonyl (C=O) groups is 1. The maximum Gasteiger partial charge on any atom is 0.224 e. The smallest absolute Gasteiger partial charge is 0.224 e. The second-order valence-electron chi connectivity index (χ2n) is 5.57. The van der Waals surface area contributed by atoms with Crippen LogP contribution in [-0.4, -0.2) is 17.8 Å². The van der Waals surface area contributed by atoms with Crippen molar-refractivity contribution in [1.82, 2.24) is 5.32 Å². The van der Waals surface area contributed by atoms with E-state index in [4.69, 9.17) is 11.6 Å². The summed E-state index contributed by atoms with van der Waals surface area (Å²) in [7, 11) is 0. The largest absolute Gasteiger partial charge is 0.356 e. The van der Waals surface area contributed by atoms with Gasteiger partial charge in [-0.15, -0.1) is 0 Å². The van der Waals surface area contributed by atoms with Crippen LogP contribution in [0, 0.1) is 11.8 Å². The molecule has 0 bridgehead atoms. The van der Waals surface area contributed by atoms with Crippen LogP contribution in [0.15, 0.2) is 24.3 Å². The Morgan fingerprint density at radius 3 is 2.50 bits per heavy atom. The van der Waals surface area contributed by atoms with Crippen molar-refractivity contribution in [3.63, 3.8) is 0 Å². The standard InChI is InChI=1S/C16H21BrClNO/c17-10-13-3-1-2-4-14(13)11-19-16(20)9-12-5-7-15(18)8-6-12/h5-8,13-14H,1-4,9-11H2,(H,19,20). The molecule has 1 amide bonds. The molecule has 2 rings (SSSR count). The molecular formula is C16H21BrClNO. The molecule has 1 aromatic carbocycles. The summed E-state index contributed by atoms with van der Waals surface area (Å²) in [5.74, 6) is 1.43. The number of benzene rings is 1. The van der Waals surface area contributed by atoms with E-state index in [0.29, 0.717) is 23.3 Å². The Morgan fingerprint density at radius 2 is 1.85 bits per heavy atom. The molecule has 1 aliphatic carbocycles. The zero-order valence-corrected chi connectivity index (χ0v) is 13.9. The molecule has 4 heteroatoms. The molecule has 0 radical (unpaired) electrons. The number of amides is 1. The van der Waals surface area contributed by atoms with Crippen molar-refractivity contribution in [3.05, 3.63) is 34.9 Å². The van der Waals surface area contributed by atoms with Crippen LogP contribution in [0.3, 0.4) is 0 Å².